The van der Waals surface area contributed by atoms with Crippen LogP contribution in [0.25, 0.3) is 11.4 Å². The highest BCUT2D eigenvalue weighted by atomic mass is 35.5. The molecule has 0 unspecified atom stereocenters. The van der Waals surface area contributed by atoms with Gasteiger partial charge < -0.3 is 9.30 Å². The Morgan fingerprint density at radius 1 is 1.15 bits per heavy atom. The Balaban J connectivity index is 1.47. The summed E-state index contributed by atoms with van der Waals surface area (Å²) in [7, 11) is 1.93. The second kappa shape index (κ2) is 8.88. The number of nitrogens with zero attached hydrogens (tertiary/aromatic N) is 4. The maximum atomic E-state index is 10.6. The van der Waals surface area contributed by atoms with E-state index in [0.29, 0.717) is 17.4 Å². The lowest BCUT2D eigenvalue weighted by Crippen LogP contribution is -2.00. The van der Waals surface area contributed by atoms with Gasteiger partial charge in [-0.3, -0.25) is 10.1 Å². The summed E-state index contributed by atoms with van der Waals surface area (Å²) in [4.78, 5) is 10.2. The molecule has 0 aliphatic heterocycles. The molecule has 9 heteroatoms. The van der Waals surface area contributed by atoms with E-state index >= 15 is 0 Å². The standard InChI is InChI=1S/C18H17ClN4O3S/c1-22-17(13-3-5-14(19)6-4-13)20-21-18(22)27-12-2-11-26-16-9-7-15(8-10-16)23(24)25/h3-10H,2,11-12H2,1H3. The molecule has 1 heterocycles. The zero-order valence-electron chi connectivity index (χ0n) is 14.5. The number of hydrogen-bond donors (Lipinski definition) is 0. The van der Waals surface area contributed by atoms with Gasteiger partial charge in [-0.2, -0.15) is 0 Å². The van der Waals surface area contributed by atoms with Crippen molar-refractivity contribution < 1.29 is 9.66 Å². The highest BCUT2D eigenvalue weighted by Crippen LogP contribution is 2.24. The molecular formula is C18H17ClN4O3S. The van der Waals surface area contributed by atoms with Crippen molar-refractivity contribution in [3.8, 4) is 17.1 Å². The molecular weight excluding hydrogens is 388 g/mol. The molecule has 0 saturated carbocycles. The lowest BCUT2D eigenvalue weighted by atomic mass is 10.2. The fourth-order valence-corrected chi connectivity index (χ4v) is 3.32. The first-order chi connectivity index (χ1) is 13.0. The SMILES string of the molecule is Cn1c(SCCCOc2ccc([N+](=O)[O-])cc2)nnc1-c1ccc(Cl)cc1. The molecule has 0 amide bonds. The Hall–Kier alpha value is -2.58. The third-order valence-electron chi connectivity index (χ3n) is 3.77. The third-order valence-corrected chi connectivity index (χ3v) is 5.13. The second-order valence-electron chi connectivity index (χ2n) is 5.67. The third kappa shape index (κ3) is 4.99. The number of non-ortho nitro benzene ring substituents is 1. The minimum atomic E-state index is -0.431. The van der Waals surface area contributed by atoms with Crippen molar-refractivity contribution >= 4 is 29.1 Å². The molecule has 0 N–H and O–H groups in total. The molecule has 0 aliphatic rings. The first kappa shape index (κ1) is 19.2. The highest BCUT2D eigenvalue weighted by Gasteiger charge is 2.11. The summed E-state index contributed by atoms with van der Waals surface area (Å²) >= 11 is 7.52. The van der Waals surface area contributed by atoms with Crippen LogP contribution in [0.1, 0.15) is 6.42 Å². The number of benzene rings is 2. The summed E-state index contributed by atoms with van der Waals surface area (Å²) in [5.41, 5.74) is 1.01. The van der Waals surface area contributed by atoms with Crippen LogP contribution in [0.15, 0.2) is 53.7 Å². The van der Waals surface area contributed by atoms with E-state index in [1.807, 2.05) is 35.9 Å². The van der Waals surface area contributed by atoms with Gasteiger partial charge in [-0.05, 0) is 42.8 Å². The van der Waals surface area contributed by atoms with Crippen LogP contribution in [0.2, 0.25) is 5.02 Å². The van der Waals surface area contributed by atoms with Gasteiger partial charge in [0.15, 0.2) is 11.0 Å². The lowest BCUT2D eigenvalue weighted by Gasteiger charge is -2.06. The summed E-state index contributed by atoms with van der Waals surface area (Å²) in [5, 5.41) is 20.6. The number of halogens is 1. The van der Waals surface area contributed by atoms with Gasteiger partial charge in [-0.15, -0.1) is 10.2 Å². The summed E-state index contributed by atoms with van der Waals surface area (Å²) < 4.78 is 7.55. The van der Waals surface area contributed by atoms with Crippen LogP contribution < -0.4 is 4.74 Å². The van der Waals surface area contributed by atoms with Crippen LogP contribution in [-0.2, 0) is 7.05 Å². The summed E-state index contributed by atoms with van der Waals surface area (Å²) in [6.45, 7) is 0.521. The van der Waals surface area contributed by atoms with Gasteiger partial charge in [-0.25, -0.2) is 0 Å². The van der Waals surface area contributed by atoms with Crippen LogP contribution in [0, 0.1) is 10.1 Å². The van der Waals surface area contributed by atoms with Crippen molar-refractivity contribution in [2.24, 2.45) is 7.05 Å². The van der Waals surface area contributed by atoms with Gasteiger partial charge in [0.05, 0.1) is 11.5 Å². The Labute approximate surface area is 165 Å². The number of rotatable bonds is 8. The molecule has 3 rings (SSSR count). The number of nitro benzene ring substituents is 1. The number of ether oxygens (including phenoxy) is 1. The molecule has 1 aromatic heterocycles. The molecule has 27 heavy (non-hydrogen) atoms. The Bertz CT molecular complexity index is 913. The summed E-state index contributed by atoms with van der Waals surface area (Å²) in [6.07, 6.45) is 0.810. The number of aromatic nitrogens is 3. The lowest BCUT2D eigenvalue weighted by molar-refractivity contribution is -0.384. The topological polar surface area (TPSA) is 83.1 Å². The minimum absolute atomic E-state index is 0.0525. The zero-order valence-corrected chi connectivity index (χ0v) is 16.1. The molecule has 0 atom stereocenters. The van der Waals surface area contributed by atoms with Crippen LogP contribution >= 0.6 is 23.4 Å². The Morgan fingerprint density at radius 3 is 2.52 bits per heavy atom. The molecule has 0 aliphatic carbocycles. The minimum Gasteiger partial charge on any atom is -0.494 e. The molecule has 140 valence electrons. The quantitative estimate of drug-likeness (QED) is 0.236. The van der Waals surface area contributed by atoms with E-state index in [-0.39, 0.29) is 5.69 Å². The molecule has 0 spiro atoms. The average molecular weight is 405 g/mol. The molecule has 7 nitrogen and oxygen atoms in total. The first-order valence-electron chi connectivity index (χ1n) is 8.20. The number of thioether (sulfide) groups is 1. The number of nitro groups is 1. The highest BCUT2D eigenvalue weighted by molar-refractivity contribution is 7.99. The van der Waals surface area contributed by atoms with Crippen molar-refractivity contribution in [3.05, 3.63) is 63.7 Å². The maximum absolute atomic E-state index is 10.6. The summed E-state index contributed by atoms with van der Waals surface area (Å²) in [5.74, 6) is 2.23. The Morgan fingerprint density at radius 2 is 1.85 bits per heavy atom. The zero-order chi connectivity index (χ0) is 19.2. The maximum Gasteiger partial charge on any atom is 0.269 e. The molecule has 3 aromatic rings. The fourth-order valence-electron chi connectivity index (χ4n) is 2.37. The van der Waals surface area contributed by atoms with Gasteiger partial charge in [0, 0.05) is 35.5 Å². The van der Waals surface area contributed by atoms with Crippen molar-refractivity contribution in [2.75, 3.05) is 12.4 Å². The van der Waals surface area contributed by atoms with Gasteiger partial charge in [-0.1, -0.05) is 23.4 Å². The second-order valence-corrected chi connectivity index (χ2v) is 7.17. The molecule has 0 radical (unpaired) electrons. The Kier molecular flexibility index (Phi) is 6.31. The van der Waals surface area contributed by atoms with Gasteiger partial charge in [0.1, 0.15) is 5.75 Å². The van der Waals surface area contributed by atoms with E-state index in [2.05, 4.69) is 10.2 Å². The van der Waals surface area contributed by atoms with E-state index in [4.69, 9.17) is 16.3 Å². The van der Waals surface area contributed by atoms with E-state index in [1.165, 1.54) is 12.1 Å². The van der Waals surface area contributed by atoms with Crippen LogP contribution in [0.3, 0.4) is 0 Å². The van der Waals surface area contributed by atoms with Crippen LogP contribution in [0.5, 0.6) is 5.75 Å². The molecule has 2 aromatic carbocycles. The summed E-state index contributed by atoms with van der Waals surface area (Å²) in [6, 6.07) is 13.6. The van der Waals surface area contributed by atoms with Crippen molar-refractivity contribution in [3.63, 3.8) is 0 Å². The monoisotopic (exact) mass is 404 g/mol. The van der Waals surface area contributed by atoms with Crippen molar-refractivity contribution in [2.45, 2.75) is 11.6 Å². The van der Waals surface area contributed by atoms with Crippen LogP contribution in [-0.4, -0.2) is 32.0 Å². The first-order valence-corrected chi connectivity index (χ1v) is 9.56. The predicted molar refractivity (Wildman–Crippen MR) is 105 cm³/mol. The van der Waals surface area contributed by atoms with Gasteiger partial charge >= 0.3 is 0 Å². The average Bonchev–Trinajstić information content (AvgIpc) is 3.03. The van der Waals surface area contributed by atoms with Crippen molar-refractivity contribution in [1.29, 1.82) is 0 Å². The van der Waals surface area contributed by atoms with E-state index in [0.717, 1.165) is 28.7 Å². The fraction of sp³-hybridized carbons (Fsp3) is 0.222. The largest absolute Gasteiger partial charge is 0.494 e. The molecule has 0 saturated heterocycles. The molecule has 0 bridgehead atoms. The number of hydrogen-bond acceptors (Lipinski definition) is 6. The normalized spacial score (nSPS) is 10.7. The van der Waals surface area contributed by atoms with E-state index in [9.17, 15) is 10.1 Å². The van der Waals surface area contributed by atoms with E-state index < -0.39 is 4.92 Å². The van der Waals surface area contributed by atoms with E-state index in [1.54, 1.807) is 23.9 Å². The van der Waals surface area contributed by atoms with Crippen molar-refractivity contribution in [1.82, 2.24) is 14.8 Å². The molecule has 0 fully saturated rings. The predicted octanol–water partition coefficient (Wildman–Crippen LogP) is 4.60. The smallest absolute Gasteiger partial charge is 0.269 e. The van der Waals surface area contributed by atoms with Crippen LogP contribution in [0.4, 0.5) is 5.69 Å². The van der Waals surface area contributed by atoms with Gasteiger partial charge in [0.25, 0.3) is 5.69 Å². The van der Waals surface area contributed by atoms with Gasteiger partial charge in [0.2, 0.25) is 0 Å².